The third kappa shape index (κ3) is 4.64. The van der Waals surface area contributed by atoms with Gasteiger partial charge in [-0.15, -0.1) is 5.10 Å². The zero-order chi connectivity index (χ0) is 22.0. The molecule has 4 rings (SSSR count). The van der Waals surface area contributed by atoms with Gasteiger partial charge < -0.3 is 4.42 Å². The zero-order valence-corrected chi connectivity index (χ0v) is 18.0. The summed E-state index contributed by atoms with van der Waals surface area (Å²) in [6, 6.07) is 9.21. The van der Waals surface area contributed by atoms with E-state index in [1.54, 1.807) is 24.5 Å². The Labute approximate surface area is 180 Å². The highest BCUT2D eigenvalue weighted by atomic mass is 32.2. The van der Waals surface area contributed by atoms with Gasteiger partial charge in [0.2, 0.25) is 15.9 Å². The molecule has 1 N–H and O–H groups in total. The topological polar surface area (TPSA) is 118 Å². The summed E-state index contributed by atoms with van der Waals surface area (Å²) in [5.74, 6) is 0.406. The molecular formula is C21H23N5O4S. The molecule has 3 heterocycles. The van der Waals surface area contributed by atoms with E-state index in [9.17, 15) is 13.2 Å². The average Bonchev–Trinajstić information content (AvgIpc) is 3.22. The minimum atomic E-state index is -3.60. The maximum absolute atomic E-state index is 13.0. The number of nitrogens with one attached hydrogen (secondary N) is 1. The number of anilines is 1. The van der Waals surface area contributed by atoms with Crippen molar-refractivity contribution in [3.8, 4) is 11.5 Å². The number of aromatic nitrogens is 3. The third-order valence-corrected chi connectivity index (χ3v) is 7.01. The van der Waals surface area contributed by atoms with Crippen molar-refractivity contribution in [3.05, 3.63) is 54.4 Å². The van der Waals surface area contributed by atoms with Crippen LogP contribution in [0, 0.1) is 11.8 Å². The van der Waals surface area contributed by atoms with E-state index in [-0.39, 0.29) is 22.4 Å². The number of benzene rings is 1. The molecule has 0 spiro atoms. The number of nitrogens with zero attached hydrogens (tertiary/aromatic N) is 4. The Morgan fingerprint density at radius 2 is 1.68 bits per heavy atom. The Kier molecular flexibility index (Phi) is 5.84. The number of hydrogen-bond donors (Lipinski definition) is 1. The van der Waals surface area contributed by atoms with Crippen molar-refractivity contribution < 1.29 is 17.6 Å². The van der Waals surface area contributed by atoms with Crippen LogP contribution in [0.25, 0.3) is 11.5 Å². The molecule has 2 unspecified atom stereocenters. The molecule has 10 heteroatoms. The van der Waals surface area contributed by atoms with Crippen molar-refractivity contribution in [2.24, 2.45) is 11.8 Å². The normalized spacial score (nSPS) is 19.8. The van der Waals surface area contributed by atoms with Crippen LogP contribution in [0.3, 0.4) is 0 Å². The van der Waals surface area contributed by atoms with E-state index in [1.807, 2.05) is 0 Å². The molecule has 2 aromatic heterocycles. The lowest BCUT2D eigenvalue weighted by atomic mass is 9.94. The second kappa shape index (κ2) is 8.56. The highest BCUT2D eigenvalue weighted by Gasteiger charge is 2.31. The van der Waals surface area contributed by atoms with Crippen molar-refractivity contribution in [1.82, 2.24) is 19.5 Å². The molecule has 0 radical (unpaired) electrons. The average molecular weight is 442 g/mol. The number of carbonyl (C=O) groups is 1. The van der Waals surface area contributed by atoms with Gasteiger partial charge >= 0.3 is 6.01 Å². The van der Waals surface area contributed by atoms with Crippen molar-refractivity contribution in [1.29, 1.82) is 0 Å². The molecule has 3 aromatic rings. The highest BCUT2D eigenvalue weighted by Crippen LogP contribution is 2.27. The molecule has 0 saturated carbocycles. The number of amides is 1. The van der Waals surface area contributed by atoms with Gasteiger partial charge in [-0.1, -0.05) is 18.9 Å². The quantitative estimate of drug-likeness (QED) is 0.646. The first-order valence-electron chi connectivity index (χ1n) is 9.98. The first-order valence-corrected chi connectivity index (χ1v) is 11.4. The Morgan fingerprint density at radius 1 is 1.03 bits per heavy atom. The van der Waals surface area contributed by atoms with E-state index in [2.05, 4.69) is 34.3 Å². The number of rotatable bonds is 5. The van der Waals surface area contributed by atoms with Crippen LogP contribution in [0.4, 0.5) is 6.01 Å². The molecule has 9 nitrogen and oxygen atoms in total. The maximum atomic E-state index is 13.0. The van der Waals surface area contributed by atoms with Gasteiger partial charge in [0.15, 0.2) is 0 Å². The molecule has 0 aliphatic carbocycles. The minimum Gasteiger partial charge on any atom is -0.403 e. The van der Waals surface area contributed by atoms with Gasteiger partial charge in [-0.3, -0.25) is 15.1 Å². The Morgan fingerprint density at radius 3 is 2.32 bits per heavy atom. The van der Waals surface area contributed by atoms with E-state index >= 15 is 0 Å². The maximum Gasteiger partial charge on any atom is 0.322 e. The van der Waals surface area contributed by atoms with Crippen molar-refractivity contribution in [2.75, 3.05) is 18.4 Å². The molecule has 1 aliphatic rings. The number of hydrogen-bond acceptors (Lipinski definition) is 7. The molecule has 0 bridgehead atoms. The van der Waals surface area contributed by atoms with E-state index in [1.165, 1.54) is 28.6 Å². The first kappa shape index (κ1) is 21.1. The van der Waals surface area contributed by atoms with E-state index < -0.39 is 15.9 Å². The summed E-state index contributed by atoms with van der Waals surface area (Å²) in [7, 11) is -3.60. The van der Waals surface area contributed by atoms with Crippen molar-refractivity contribution in [2.45, 2.75) is 25.2 Å². The Hall–Kier alpha value is -3.11. The van der Waals surface area contributed by atoms with Crippen LogP contribution in [-0.2, 0) is 10.0 Å². The number of sulfonamides is 1. The van der Waals surface area contributed by atoms with Gasteiger partial charge in [0.1, 0.15) is 0 Å². The SMILES string of the molecule is CC1CC(C)CN(S(=O)(=O)c2ccc(C(=O)Nc3nnc(-c4ccncc4)o3)cc2)C1. The second-order valence-electron chi connectivity index (χ2n) is 7.89. The van der Waals surface area contributed by atoms with Crippen LogP contribution in [0.2, 0.25) is 0 Å². The van der Waals surface area contributed by atoms with Crippen molar-refractivity contribution >= 4 is 21.9 Å². The Balaban J connectivity index is 1.45. The van der Waals surface area contributed by atoms with Crippen LogP contribution in [0.5, 0.6) is 0 Å². The summed E-state index contributed by atoms with van der Waals surface area (Å²) in [6.45, 7) is 5.13. The number of carbonyl (C=O) groups excluding carboxylic acids is 1. The Bertz CT molecular complexity index is 1150. The van der Waals surface area contributed by atoms with Crippen LogP contribution in [-0.4, -0.2) is 46.9 Å². The zero-order valence-electron chi connectivity index (χ0n) is 17.2. The van der Waals surface area contributed by atoms with Gasteiger partial charge in [-0.25, -0.2) is 8.42 Å². The smallest absolute Gasteiger partial charge is 0.322 e. The predicted molar refractivity (Wildman–Crippen MR) is 114 cm³/mol. The fourth-order valence-corrected chi connectivity index (χ4v) is 5.46. The molecule has 31 heavy (non-hydrogen) atoms. The number of piperidine rings is 1. The molecular weight excluding hydrogens is 418 g/mol. The standard InChI is InChI=1S/C21H23N5O4S/c1-14-11-15(2)13-26(12-14)31(28,29)18-5-3-16(4-6-18)19(27)23-21-25-24-20(30-21)17-7-9-22-10-8-17/h3-10,14-15H,11-13H2,1-2H3,(H,23,25,27). The fraction of sp³-hybridized carbons (Fsp3) is 0.333. The lowest BCUT2D eigenvalue weighted by Crippen LogP contribution is -2.42. The lowest BCUT2D eigenvalue weighted by Gasteiger charge is -2.34. The van der Waals surface area contributed by atoms with Crippen molar-refractivity contribution in [3.63, 3.8) is 0 Å². The number of pyridine rings is 1. The molecule has 2 atom stereocenters. The fourth-order valence-electron chi connectivity index (χ4n) is 3.78. The summed E-state index contributed by atoms with van der Waals surface area (Å²) in [4.78, 5) is 16.6. The monoisotopic (exact) mass is 441 g/mol. The van der Waals surface area contributed by atoms with Gasteiger partial charge in [-0.2, -0.15) is 4.31 Å². The minimum absolute atomic E-state index is 0.0511. The van der Waals surface area contributed by atoms with Gasteiger partial charge in [-0.05, 0) is 54.7 Å². The first-order chi connectivity index (χ1) is 14.8. The van der Waals surface area contributed by atoms with Crippen LogP contribution in [0.15, 0.2) is 58.1 Å². The molecule has 1 saturated heterocycles. The molecule has 1 aliphatic heterocycles. The highest BCUT2D eigenvalue weighted by molar-refractivity contribution is 7.89. The van der Waals surface area contributed by atoms with Crippen LogP contribution in [0.1, 0.15) is 30.6 Å². The predicted octanol–water partition coefficient (Wildman–Crippen LogP) is 3.05. The van der Waals surface area contributed by atoms with E-state index in [0.29, 0.717) is 30.5 Å². The van der Waals surface area contributed by atoms with Gasteiger partial charge in [0.25, 0.3) is 5.91 Å². The van der Waals surface area contributed by atoms with Crippen LogP contribution < -0.4 is 5.32 Å². The molecule has 162 valence electrons. The lowest BCUT2D eigenvalue weighted by molar-refractivity contribution is 0.102. The summed E-state index contributed by atoms with van der Waals surface area (Å²) < 4.78 is 32.9. The molecule has 1 fully saturated rings. The largest absolute Gasteiger partial charge is 0.403 e. The summed E-state index contributed by atoms with van der Waals surface area (Å²) >= 11 is 0. The second-order valence-corrected chi connectivity index (χ2v) is 9.83. The van der Waals surface area contributed by atoms with Gasteiger partial charge in [0.05, 0.1) is 4.90 Å². The van der Waals surface area contributed by atoms with E-state index in [0.717, 1.165) is 6.42 Å². The summed E-state index contributed by atoms with van der Waals surface area (Å²) in [5.41, 5.74) is 0.960. The van der Waals surface area contributed by atoms with Crippen LogP contribution >= 0.6 is 0 Å². The summed E-state index contributed by atoms with van der Waals surface area (Å²) in [5, 5.41) is 10.2. The summed E-state index contributed by atoms with van der Waals surface area (Å²) in [6.07, 6.45) is 4.21. The molecule has 1 aromatic carbocycles. The van der Waals surface area contributed by atoms with E-state index in [4.69, 9.17) is 4.42 Å². The third-order valence-electron chi connectivity index (χ3n) is 5.16. The molecule has 1 amide bonds. The van der Waals surface area contributed by atoms with Gasteiger partial charge in [0, 0.05) is 36.6 Å².